The molecule has 520 valence electrons. The molecule has 0 radical (unpaired) electrons. The molecule has 8 rings (SSSR count). The Morgan fingerprint density at radius 2 is 0.866 bits per heavy atom. The third-order valence-corrected chi connectivity index (χ3v) is 15.0. The summed E-state index contributed by atoms with van der Waals surface area (Å²) in [6.45, 7) is 6.02. The molecule has 2 aromatic heterocycles. The number of carboxylic acids is 1. The maximum absolute atomic E-state index is 12.7. The molecule has 0 atom stereocenters. The zero-order valence-electron chi connectivity index (χ0n) is 52.1. The summed E-state index contributed by atoms with van der Waals surface area (Å²) in [6, 6.07) is 29.7. The fraction of sp³-hybridized carbons (Fsp3) is 0.288. The van der Waals surface area contributed by atoms with Crippen LogP contribution in [0.3, 0.4) is 0 Å². The van der Waals surface area contributed by atoms with E-state index in [2.05, 4.69) is 35.4 Å². The third kappa shape index (κ3) is 29.6. The van der Waals surface area contributed by atoms with E-state index in [0.29, 0.717) is 101 Å². The molecule has 0 amide bonds. The van der Waals surface area contributed by atoms with E-state index in [0.717, 1.165) is 63.1 Å². The minimum absolute atomic E-state index is 0. The number of halogens is 10. The number of nitrogens with zero attached hydrogens (tertiary/aromatic N) is 2. The number of benzene rings is 6. The molecule has 0 saturated heterocycles. The number of thiocarbonyl (C=S) groups is 1. The Bertz CT molecular complexity index is 3790. The Morgan fingerprint density at radius 1 is 0.536 bits per heavy atom. The van der Waals surface area contributed by atoms with E-state index >= 15 is 0 Å². The van der Waals surface area contributed by atoms with Crippen LogP contribution in [0.2, 0.25) is 0 Å². The number of esters is 2. The van der Waals surface area contributed by atoms with Gasteiger partial charge in [-0.2, -0.15) is 39.5 Å². The molecule has 6 aromatic carbocycles. The van der Waals surface area contributed by atoms with Crippen molar-refractivity contribution in [1.29, 1.82) is 0 Å². The van der Waals surface area contributed by atoms with Crippen LogP contribution in [0.1, 0.15) is 69.0 Å². The van der Waals surface area contributed by atoms with Crippen molar-refractivity contribution in [3.05, 3.63) is 187 Å². The van der Waals surface area contributed by atoms with E-state index in [9.17, 15) is 58.7 Å². The molecule has 0 fully saturated rings. The number of ketones is 1. The number of nitrogens with two attached hydrogens (primary N) is 1. The van der Waals surface area contributed by atoms with Crippen molar-refractivity contribution in [3.63, 3.8) is 0 Å². The molecular weight excluding hydrogens is 1410 g/mol. The van der Waals surface area contributed by atoms with Gasteiger partial charge >= 0.3 is 55.3 Å². The van der Waals surface area contributed by atoms with Gasteiger partial charge in [-0.1, -0.05) is 72.0 Å². The number of hydrogen-bond acceptors (Lipinski definition) is 18. The zero-order chi connectivity index (χ0) is 69.2. The first-order valence-corrected chi connectivity index (χ1v) is 31.0. The van der Waals surface area contributed by atoms with E-state index in [1.807, 2.05) is 31.4 Å². The van der Waals surface area contributed by atoms with Crippen molar-refractivity contribution in [2.75, 3.05) is 59.2 Å². The molecule has 0 aliphatic carbocycles. The minimum Gasteiger partial charge on any atom is -0.870 e. The fourth-order valence-corrected chi connectivity index (χ4v) is 9.62. The number of thiazole rings is 2. The van der Waals surface area contributed by atoms with Gasteiger partial charge in [-0.05, 0) is 128 Å². The molecule has 0 unspecified atom stereocenters. The van der Waals surface area contributed by atoms with Gasteiger partial charge in [0.25, 0.3) is 0 Å². The first-order valence-electron chi connectivity index (χ1n) is 27.7. The molecule has 4 N–H and O–H groups in total. The molecular formula is C66H68BrF9LiN3O14S3. The summed E-state index contributed by atoms with van der Waals surface area (Å²) < 4.78 is 154. The second-order valence-electron chi connectivity index (χ2n) is 19.5. The molecule has 0 saturated carbocycles. The number of carbonyl (C=O) groups is 4. The number of aryl methyl sites for hydroxylation is 3. The molecule has 0 spiro atoms. The summed E-state index contributed by atoms with van der Waals surface area (Å²) in [4.78, 5) is 53.1. The van der Waals surface area contributed by atoms with Crippen molar-refractivity contribution in [2.45, 2.75) is 66.0 Å². The fourth-order valence-electron chi connectivity index (χ4n) is 7.63. The Hall–Kier alpha value is -8.24. The van der Waals surface area contributed by atoms with Crippen LogP contribution in [0.4, 0.5) is 39.5 Å². The number of methoxy groups -OCH3 is 2. The SMILES string of the molecule is C.COC(=O)COc1ccc(OCCC(N)=S)cc1C.COC(=O)COc1ccc(OCCc2nc(-c3ccc(C(F)(F)F)cc3)cs2)cc1C.Cc1cc(OCCc2nc(-c3ccc(C(F)(F)F)cc3)cs2)ccc1OCC(=O)O.O=C(CBr)c1ccc(C(F)(F)F)cc1.[2HH].[Li+].[OH-]. The summed E-state index contributed by atoms with van der Waals surface area (Å²) >= 11 is 10.5. The quantitative estimate of drug-likeness (QED) is 0.0135. The average Bonchev–Trinajstić information content (AvgIpc) is 1.61. The van der Waals surface area contributed by atoms with Crippen molar-refractivity contribution in [2.24, 2.45) is 5.73 Å². The predicted octanol–water partition coefficient (Wildman–Crippen LogP) is 13.1. The summed E-state index contributed by atoms with van der Waals surface area (Å²) in [5.41, 5.74) is 8.50. The van der Waals surface area contributed by atoms with Crippen molar-refractivity contribution in [1.82, 2.24) is 9.97 Å². The van der Waals surface area contributed by atoms with E-state index in [1.165, 1.54) is 73.3 Å². The number of rotatable bonds is 25. The number of carboxylic acid groups (broad SMARTS) is 1. The van der Waals surface area contributed by atoms with E-state index in [4.69, 9.17) is 51.5 Å². The topological polar surface area (TPSA) is 244 Å². The normalized spacial score (nSPS) is 10.7. The maximum Gasteiger partial charge on any atom is 1.00 e. The molecule has 2 heterocycles. The van der Waals surface area contributed by atoms with Gasteiger partial charge in [-0.3, -0.25) is 4.79 Å². The second kappa shape index (κ2) is 41.1. The van der Waals surface area contributed by atoms with Gasteiger partial charge in [-0.25, -0.2) is 24.4 Å². The van der Waals surface area contributed by atoms with E-state index in [-0.39, 0.29) is 63.1 Å². The van der Waals surface area contributed by atoms with Gasteiger partial charge in [-0.15, -0.1) is 22.7 Å². The predicted molar refractivity (Wildman–Crippen MR) is 352 cm³/mol. The Balaban J connectivity index is 0.000000671. The van der Waals surface area contributed by atoms with Gasteiger partial charge in [0.15, 0.2) is 25.6 Å². The van der Waals surface area contributed by atoms with Crippen molar-refractivity contribution >= 4 is 79.5 Å². The molecule has 0 aliphatic rings. The number of alkyl halides is 10. The Labute approximate surface area is 588 Å². The molecule has 0 bridgehead atoms. The zero-order valence-corrected chi connectivity index (χ0v) is 56.2. The first kappa shape index (κ1) is 84.8. The number of aromatic nitrogens is 2. The van der Waals surface area contributed by atoms with Gasteiger partial charge in [0, 0.05) is 48.1 Å². The largest absolute Gasteiger partial charge is 1.00 e. The van der Waals surface area contributed by atoms with Crippen LogP contribution in [0, 0.1) is 20.8 Å². The van der Waals surface area contributed by atoms with Gasteiger partial charge in [0.1, 0.15) is 34.5 Å². The number of carbonyl (C=O) groups excluding carboxylic acids is 3. The summed E-state index contributed by atoms with van der Waals surface area (Å²) in [7, 11) is 2.61. The van der Waals surface area contributed by atoms with Crippen LogP contribution in [0.15, 0.2) is 138 Å². The first-order chi connectivity index (χ1) is 44.4. The molecule has 97 heavy (non-hydrogen) atoms. The van der Waals surface area contributed by atoms with Crippen molar-refractivity contribution < 1.29 is 127 Å². The standard InChI is InChI=1S/C22H20F3NO4S.C21H18F3NO4S.C13H17NO4S.C9H6BrF3O.CH4.Li.H2O.H2/c1-14-11-17(7-8-19(14)30-12-21(27)28-2)29-10-9-20-26-18(13-31-20)15-3-5-16(6-4-15)22(23,24)25;1-13-10-16(6-7-18(13)29-11-20(26)27)28-9-8-19-25-17(12-30-19)14-2-4-15(5-3-14)21(22,23)24;1-9-7-10(17-6-5-12(14)19)3-4-11(9)18-8-13(15)16-2;10-5-8(14)6-1-3-7(4-2-6)9(11,12)13;;;;/h3-8,11,13H,9-10,12H2,1-2H3;2-7,10,12H,8-9,11H2,1H3,(H,26,27);3-4,7H,5-6,8H2,1-2H3,(H2,14,19);1-4H,5H2;1H4;;1H2;1H/q;;;;;+1;;/p-1/i;;;;;;;1+1. The smallest absolute Gasteiger partial charge is 0.870 e. The Kier molecular flexibility index (Phi) is 36.0. The van der Waals surface area contributed by atoms with Gasteiger partial charge < -0.3 is 54.2 Å². The molecule has 31 heteroatoms. The molecule has 8 aromatic rings. The van der Waals surface area contributed by atoms with Crippen LogP contribution >= 0.6 is 50.8 Å². The summed E-state index contributed by atoms with van der Waals surface area (Å²) in [6.07, 6.45) is -11.4. The molecule has 0 aliphatic heterocycles. The Morgan fingerprint density at radius 3 is 1.16 bits per heavy atom. The van der Waals surface area contributed by atoms with Crippen LogP contribution in [0.5, 0.6) is 34.5 Å². The third-order valence-electron chi connectivity index (χ3n) is 12.5. The molecule has 17 nitrogen and oxygen atoms in total. The second-order valence-corrected chi connectivity index (χ2v) is 22.5. The van der Waals surface area contributed by atoms with Gasteiger partial charge in [0.2, 0.25) is 0 Å². The number of hydrogen-bond donors (Lipinski definition) is 2. The van der Waals surface area contributed by atoms with Crippen LogP contribution in [0.25, 0.3) is 22.5 Å². The summed E-state index contributed by atoms with van der Waals surface area (Å²) in [5.74, 6) is 1.48. The minimum atomic E-state index is -4.36. The van der Waals surface area contributed by atoms with E-state index < -0.39 is 59.7 Å². The van der Waals surface area contributed by atoms with Gasteiger partial charge in [0.05, 0.1) is 82.5 Å². The van der Waals surface area contributed by atoms with Crippen LogP contribution < -0.4 is 53.0 Å². The monoisotopic (exact) mass is 1480 g/mol. The van der Waals surface area contributed by atoms with Crippen molar-refractivity contribution in [3.8, 4) is 57.0 Å². The number of ether oxygens (including phenoxy) is 8. The van der Waals surface area contributed by atoms with Crippen LogP contribution in [-0.2, 0) is 55.2 Å². The number of Topliss-reactive ketones (excluding diaryl/α,β-unsaturated/α-hetero) is 1. The maximum atomic E-state index is 12.7. The van der Waals surface area contributed by atoms with E-state index in [1.54, 1.807) is 54.8 Å². The number of aliphatic carboxylic acids is 1. The summed E-state index contributed by atoms with van der Waals surface area (Å²) in [5, 5.41) is 14.0. The van der Waals surface area contributed by atoms with Crippen LogP contribution in [-0.4, -0.2) is 108 Å². The average molecular weight is 1480 g/mol.